The van der Waals surface area contributed by atoms with E-state index >= 15 is 0 Å². The number of unbranched alkanes of at least 4 members (excludes halogenated alkanes) is 2. The van der Waals surface area contributed by atoms with Crippen LogP contribution in [0.1, 0.15) is 126 Å². The van der Waals surface area contributed by atoms with Crippen LogP contribution in [-0.4, -0.2) is 0 Å². The van der Waals surface area contributed by atoms with Crippen LogP contribution in [0.3, 0.4) is 0 Å². The highest BCUT2D eigenvalue weighted by atomic mass is 14.4. The van der Waals surface area contributed by atoms with Crippen molar-refractivity contribution in [3.63, 3.8) is 0 Å². The lowest BCUT2D eigenvalue weighted by Crippen LogP contribution is -2.26. The summed E-state index contributed by atoms with van der Waals surface area (Å²) in [5.74, 6) is 4.64. The Hall–Kier alpha value is -1.82. The van der Waals surface area contributed by atoms with Gasteiger partial charge in [-0.25, -0.2) is 0 Å². The fourth-order valence-electron chi connectivity index (χ4n) is 8.08. The first-order valence-corrected chi connectivity index (χ1v) is 16.1. The van der Waals surface area contributed by atoms with Crippen LogP contribution in [0.25, 0.3) is 11.1 Å². The van der Waals surface area contributed by atoms with Crippen molar-refractivity contribution in [1.29, 1.82) is 0 Å². The molecule has 0 heterocycles. The summed E-state index contributed by atoms with van der Waals surface area (Å²) in [6.07, 6.45) is 25.9. The van der Waals surface area contributed by atoms with E-state index in [1.807, 2.05) is 0 Å². The molecule has 0 bridgehead atoms. The van der Waals surface area contributed by atoms with Crippen LogP contribution < -0.4 is 0 Å². The Bertz CT molecular complexity index is 966. The van der Waals surface area contributed by atoms with Gasteiger partial charge in [-0.1, -0.05) is 94.0 Å². The van der Waals surface area contributed by atoms with Crippen molar-refractivity contribution in [1.82, 2.24) is 0 Å². The molecule has 0 amide bonds. The molecule has 0 aromatic heterocycles. The average Bonchev–Trinajstić information content (AvgIpc) is 2.96. The molecular weight excluding hydrogens is 444 g/mol. The zero-order valence-corrected chi connectivity index (χ0v) is 23.7. The van der Waals surface area contributed by atoms with Crippen LogP contribution in [0.15, 0.2) is 55.1 Å². The number of aryl methyl sites for hydroxylation is 1. The van der Waals surface area contributed by atoms with E-state index in [1.54, 1.807) is 16.7 Å². The molecule has 0 aliphatic heterocycles. The number of benzene rings is 2. The molecule has 3 aliphatic carbocycles. The largest absolute Gasteiger partial charge is 0.103 e. The van der Waals surface area contributed by atoms with E-state index in [9.17, 15) is 0 Å². The number of hydrogen-bond donors (Lipinski definition) is 0. The minimum Gasteiger partial charge on any atom is -0.103 e. The molecule has 3 aliphatic rings. The molecule has 2 aromatic rings. The monoisotopic (exact) mass is 496 g/mol. The minimum absolute atomic E-state index is 0.765. The zero-order valence-electron chi connectivity index (χ0n) is 23.7. The lowest BCUT2D eigenvalue weighted by molar-refractivity contribution is 0.183. The molecule has 0 N–H and O–H groups in total. The van der Waals surface area contributed by atoms with E-state index in [0.717, 1.165) is 29.6 Å². The third-order valence-corrected chi connectivity index (χ3v) is 10.6. The van der Waals surface area contributed by atoms with Crippen LogP contribution in [0, 0.1) is 23.7 Å². The van der Waals surface area contributed by atoms with Crippen LogP contribution in [0.2, 0.25) is 0 Å². The van der Waals surface area contributed by atoms with Crippen LogP contribution in [-0.2, 0) is 12.8 Å². The van der Waals surface area contributed by atoms with E-state index in [-0.39, 0.29) is 0 Å². The first kappa shape index (κ1) is 26.8. The minimum atomic E-state index is 0.765. The number of fused-ring (bicyclic) bond motifs is 1. The highest BCUT2D eigenvalue weighted by Crippen LogP contribution is 2.42. The van der Waals surface area contributed by atoms with Gasteiger partial charge in [0.25, 0.3) is 0 Å². The fourth-order valence-corrected chi connectivity index (χ4v) is 8.08. The second-order valence-electron chi connectivity index (χ2n) is 13.0. The van der Waals surface area contributed by atoms with E-state index in [1.165, 1.54) is 120 Å². The molecule has 0 saturated heterocycles. The SMILES string of the molecule is C=CCCC1CCC(c2ccc(-c3ccc4c(c3)CCC(C3CCC(CCCCC)CC3)C4)cc2)CC1. The Morgan fingerprint density at radius 1 is 0.703 bits per heavy atom. The molecule has 0 heteroatoms. The maximum Gasteiger partial charge on any atom is -0.0162 e. The highest BCUT2D eigenvalue weighted by Gasteiger charge is 2.30. The molecule has 0 nitrogen and oxygen atoms in total. The highest BCUT2D eigenvalue weighted by molar-refractivity contribution is 5.65. The molecule has 37 heavy (non-hydrogen) atoms. The van der Waals surface area contributed by atoms with Crippen molar-refractivity contribution in [3.8, 4) is 11.1 Å². The average molecular weight is 497 g/mol. The summed E-state index contributed by atoms with van der Waals surface area (Å²) in [6.45, 7) is 6.23. The Kier molecular flexibility index (Phi) is 9.63. The fraction of sp³-hybridized carbons (Fsp3) is 0.622. The van der Waals surface area contributed by atoms with Crippen molar-refractivity contribution in [2.75, 3.05) is 0 Å². The van der Waals surface area contributed by atoms with Crippen molar-refractivity contribution in [3.05, 3.63) is 71.8 Å². The van der Waals surface area contributed by atoms with Crippen LogP contribution in [0.5, 0.6) is 0 Å². The molecular formula is C37H52. The second-order valence-corrected chi connectivity index (χ2v) is 13.0. The predicted octanol–water partition coefficient (Wildman–Crippen LogP) is 11.1. The van der Waals surface area contributed by atoms with E-state index < -0.39 is 0 Å². The normalized spacial score (nSPS) is 28.0. The van der Waals surface area contributed by atoms with Crippen LogP contribution >= 0.6 is 0 Å². The summed E-state index contributed by atoms with van der Waals surface area (Å²) in [5.41, 5.74) is 7.66. The Morgan fingerprint density at radius 3 is 2.14 bits per heavy atom. The Labute approximate surface area is 228 Å². The first-order valence-electron chi connectivity index (χ1n) is 16.1. The third-order valence-electron chi connectivity index (χ3n) is 10.6. The Morgan fingerprint density at radius 2 is 1.41 bits per heavy atom. The van der Waals surface area contributed by atoms with Gasteiger partial charge in [-0.2, -0.15) is 0 Å². The summed E-state index contributed by atoms with van der Waals surface area (Å²) in [6, 6.07) is 17.1. The van der Waals surface area contributed by atoms with E-state index in [4.69, 9.17) is 0 Å². The summed E-state index contributed by atoms with van der Waals surface area (Å²) in [5, 5.41) is 0. The van der Waals surface area contributed by atoms with E-state index in [0.29, 0.717) is 0 Å². The van der Waals surface area contributed by atoms with Gasteiger partial charge in [0.2, 0.25) is 0 Å². The maximum absolute atomic E-state index is 3.90. The van der Waals surface area contributed by atoms with Gasteiger partial charge >= 0.3 is 0 Å². The molecule has 1 unspecified atom stereocenters. The number of allylic oxidation sites excluding steroid dienone is 1. The lowest BCUT2D eigenvalue weighted by Gasteiger charge is -2.36. The molecule has 0 spiro atoms. The maximum atomic E-state index is 3.90. The molecule has 2 fully saturated rings. The van der Waals surface area contributed by atoms with Gasteiger partial charge in [-0.3, -0.25) is 0 Å². The molecule has 0 radical (unpaired) electrons. The quantitative estimate of drug-likeness (QED) is 0.227. The standard InChI is InChI=1S/C37H52/c1-3-5-7-9-29-12-16-32(17-13-29)34-22-24-37-27-35(23-25-36(37)26-34)33-20-18-31(19-21-33)30-14-10-28(11-15-30)8-6-4-2/h4,18-21,23,25,27-30,32,34H,2-3,5-17,22,24,26H2,1H3. The van der Waals surface area contributed by atoms with Gasteiger partial charge in [0.15, 0.2) is 0 Å². The van der Waals surface area contributed by atoms with Crippen LogP contribution in [0.4, 0.5) is 0 Å². The first-order chi connectivity index (χ1) is 18.2. The van der Waals surface area contributed by atoms with Crippen molar-refractivity contribution >= 4 is 0 Å². The third kappa shape index (κ3) is 6.99. The van der Waals surface area contributed by atoms with Gasteiger partial charge in [-0.15, -0.1) is 6.58 Å². The topological polar surface area (TPSA) is 0 Å². The zero-order chi connectivity index (χ0) is 25.5. The summed E-state index contributed by atoms with van der Waals surface area (Å²) < 4.78 is 0. The van der Waals surface area contributed by atoms with Gasteiger partial charge in [0.1, 0.15) is 0 Å². The summed E-state index contributed by atoms with van der Waals surface area (Å²) >= 11 is 0. The lowest BCUT2D eigenvalue weighted by atomic mass is 9.69. The summed E-state index contributed by atoms with van der Waals surface area (Å²) in [4.78, 5) is 0. The predicted molar refractivity (Wildman–Crippen MR) is 161 cm³/mol. The Balaban J connectivity index is 1.13. The van der Waals surface area contributed by atoms with Crippen molar-refractivity contribution in [2.45, 2.75) is 122 Å². The number of hydrogen-bond acceptors (Lipinski definition) is 0. The molecule has 1 atom stereocenters. The van der Waals surface area contributed by atoms with Gasteiger partial charge in [0.05, 0.1) is 0 Å². The second kappa shape index (κ2) is 13.3. The smallest absolute Gasteiger partial charge is 0.0162 e. The van der Waals surface area contributed by atoms with Gasteiger partial charge in [0, 0.05) is 0 Å². The number of rotatable bonds is 10. The van der Waals surface area contributed by atoms with Gasteiger partial charge < -0.3 is 0 Å². The van der Waals surface area contributed by atoms with E-state index in [2.05, 4.69) is 62.0 Å². The molecule has 2 aromatic carbocycles. The van der Waals surface area contributed by atoms with Crippen molar-refractivity contribution in [2.24, 2.45) is 23.7 Å². The molecule has 200 valence electrons. The molecule has 2 saturated carbocycles. The van der Waals surface area contributed by atoms with Crippen molar-refractivity contribution < 1.29 is 0 Å². The molecule has 5 rings (SSSR count). The van der Waals surface area contributed by atoms with Gasteiger partial charge in [-0.05, 0) is 128 Å². The summed E-state index contributed by atoms with van der Waals surface area (Å²) in [7, 11) is 0.